The fourth-order valence-corrected chi connectivity index (χ4v) is 2.48. The zero-order valence-corrected chi connectivity index (χ0v) is 21.8. The third kappa shape index (κ3) is 10.5. The van der Waals surface area contributed by atoms with Gasteiger partial charge in [-0.1, -0.05) is 13.8 Å². The molecule has 0 bridgehead atoms. The first-order valence-electron chi connectivity index (χ1n) is 10.1. The van der Waals surface area contributed by atoms with Crippen LogP contribution in [0.3, 0.4) is 0 Å². The van der Waals surface area contributed by atoms with Crippen LogP contribution in [0.15, 0.2) is 17.4 Å². The summed E-state index contributed by atoms with van der Waals surface area (Å²) in [5, 5.41) is 24.1. The second-order valence-corrected chi connectivity index (χ2v) is 8.75. The van der Waals surface area contributed by atoms with Crippen LogP contribution in [0.25, 0.3) is 0 Å². The van der Waals surface area contributed by atoms with Gasteiger partial charge in [-0.15, -0.1) is 24.0 Å². The Labute approximate surface area is 197 Å². The van der Waals surface area contributed by atoms with Gasteiger partial charge in [0.2, 0.25) is 0 Å². The minimum atomic E-state index is -1.14. The lowest BCUT2D eigenvalue weighted by atomic mass is 10.0. The first kappa shape index (κ1) is 28.4. The van der Waals surface area contributed by atoms with Gasteiger partial charge in [-0.05, 0) is 40.5 Å². The number of amides is 1. The first-order chi connectivity index (χ1) is 13.3. The number of aliphatic imine (C=N–C) groups is 1. The monoisotopic (exact) mass is 538 g/mol. The van der Waals surface area contributed by atoms with E-state index in [9.17, 15) is 9.90 Å². The lowest BCUT2D eigenvalue weighted by Gasteiger charge is -2.27. The predicted octanol–water partition coefficient (Wildman–Crippen LogP) is 2.35. The average molecular weight is 538 g/mol. The summed E-state index contributed by atoms with van der Waals surface area (Å²) in [4.78, 5) is 16.6. The number of nitrogens with zero attached hydrogens (tertiary/aromatic N) is 3. The molecular formula is C20H39IN6O3. The Morgan fingerprint density at radius 2 is 1.93 bits per heavy atom. The van der Waals surface area contributed by atoms with Gasteiger partial charge < -0.3 is 25.8 Å². The van der Waals surface area contributed by atoms with Crippen LogP contribution < -0.4 is 16.0 Å². The van der Waals surface area contributed by atoms with Gasteiger partial charge in [0.25, 0.3) is 0 Å². The van der Waals surface area contributed by atoms with Crippen molar-refractivity contribution in [2.45, 2.75) is 65.7 Å². The number of halogens is 1. The van der Waals surface area contributed by atoms with Crippen molar-refractivity contribution < 1.29 is 14.6 Å². The SMILES string of the molecule is CCNC(=NCC(C)(O)c1cnn(C)c1)NCC(NC(=O)OC(C)(C)C)C(C)C.I. The molecule has 0 saturated heterocycles. The van der Waals surface area contributed by atoms with E-state index in [0.717, 1.165) is 0 Å². The normalized spacial score (nSPS) is 15.1. The lowest BCUT2D eigenvalue weighted by molar-refractivity contribution is 0.0491. The minimum absolute atomic E-state index is 0. The van der Waals surface area contributed by atoms with Crippen LogP contribution in [0.5, 0.6) is 0 Å². The molecule has 0 radical (unpaired) electrons. The molecule has 9 nitrogen and oxygen atoms in total. The molecule has 30 heavy (non-hydrogen) atoms. The highest BCUT2D eigenvalue weighted by atomic mass is 127. The van der Waals surface area contributed by atoms with Crippen molar-refractivity contribution >= 4 is 36.0 Å². The third-order valence-corrected chi connectivity index (χ3v) is 4.21. The molecule has 1 amide bonds. The Kier molecular flexibility index (Phi) is 11.7. The van der Waals surface area contributed by atoms with Crippen molar-refractivity contribution in [2.24, 2.45) is 18.0 Å². The zero-order valence-electron chi connectivity index (χ0n) is 19.4. The first-order valence-corrected chi connectivity index (χ1v) is 10.1. The summed E-state index contributed by atoms with van der Waals surface area (Å²) in [6, 6.07) is -0.146. The molecule has 0 aromatic carbocycles. The second kappa shape index (κ2) is 12.3. The maximum absolute atomic E-state index is 12.1. The summed E-state index contributed by atoms with van der Waals surface area (Å²) in [6.45, 7) is 14.5. The number of nitrogens with one attached hydrogen (secondary N) is 3. The smallest absolute Gasteiger partial charge is 0.407 e. The van der Waals surface area contributed by atoms with E-state index < -0.39 is 17.3 Å². The Morgan fingerprint density at radius 3 is 2.40 bits per heavy atom. The molecule has 2 atom stereocenters. The quantitative estimate of drug-likeness (QED) is 0.230. The molecule has 10 heteroatoms. The van der Waals surface area contributed by atoms with Crippen molar-refractivity contribution in [3.63, 3.8) is 0 Å². The molecule has 0 saturated carbocycles. The van der Waals surface area contributed by atoms with Crippen molar-refractivity contribution in [1.82, 2.24) is 25.7 Å². The fraction of sp³-hybridized carbons (Fsp3) is 0.750. The molecule has 1 aromatic heterocycles. The van der Waals surface area contributed by atoms with Crippen molar-refractivity contribution in [2.75, 3.05) is 19.6 Å². The molecule has 0 aliphatic carbocycles. The Bertz CT molecular complexity index is 682. The number of hydrogen-bond donors (Lipinski definition) is 4. The number of alkyl carbamates (subject to hydrolysis) is 1. The number of aromatic nitrogens is 2. The molecule has 1 aromatic rings. The standard InChI is InChI=1S/C20H38N6O3.HI/c1-9-21-17(23-13-20(7,28)15-10-24-26(8)12-15)22-11-16(14(2)3)25-18(27)29-19(4,5)6;/h10,12,14,16,28H,9,11,13H2,1-8H3,(H,25,27)(H2,21,22,23);1H. The van der Waals surface area contributed by atoms with Gasteiger partial charge in [-0.25, -0.2) is 9.79 Å². The molecule has 0 aliphatic rings. The van der Waals surface area contributed by atoms with Crippen LogP contribution >= 0.6 is 24.0 Å². The molecule has 4 N–H and O–H groups in total. The number of aryl methyl sites for hydroxylation is 1. The number of aliphatic hydroxyl groups is 1. The number of carbonyl (C=O) groups excluding carboxylic acids is 1. The average Bonchev–Trinajstić information content (AvgIpc) is 3.01. The summed E-state index contributed by atoms with van der Waals surface area (Å²) in [6.07, 6.45) is 2.96. The van der Waals surface area contributed by atoms with Gasteiger partial charge in [0, 0.05) is 31.9 Å². The molecule has 0 fully saturated rings. The summed E-state index contributed by atoms with van der Waals surface area (Å²) < 4.78 is 7.00. The summed E-state index contributed by atoms with van der Waals surface area (Å²) >= 11 is 0. The predicted molar refractivity (Wildman–Crippen MR) is 130 cm³/mol. The minimum Gasteiger partial charge on any atom is -0.444 e. The van der Waals surface area contributed by atoms with Crippen LogP contribution in [-0.4, -0.2) is 58.2 Å². The van der Waals surface area contributed by atoms with Gasteiger partial charge in [0.1, 0.15) is 11.2 Å². The van der Waals surface area contributed by atoms with E-state index >= 15 is 0 Å². The van der Waals surface area contributed by atoms with E-state index in [2.05, 4.69) is 26.0 Å². The molecule has 1 rings (SSSR count). The molecule has 174 valence electrons. The van der Waals surface area contributed by atoms with E-state index in [-0.39, 0.29) is 42.5 Å². The number of guanidine groups is 1. The van der Waals surface area contributed by atoms with E-state index in [1.807, 2.05) is 41.5 Å². The second-order valence-electron chi connectivity index (χ2n) is 8.75. The van der Waals surface area contributed by atoms with Gasteiger partial charge in [0.05, 0.1) is 18.8 Å². The Hall–Kier alpha value is -1.56. The van der Waals surface area contributed by atoms with Gasteiger partial charge in [-0.2, -0.15) is 5.10 Å². The van der Waals surface area contributed by atoms with Crippen LogP contribution in [0.1, 0.15) is 54.0 Å². The summed E-state index contributed by atoms with van der Waals surface area (Å²) in [5.74, 6) is 0.754. The highest BCUT2D eigenvalue weighted by Gasteiger charge is 2.25. The van der Waals surface area contributed by atoms with E-state index in [1.165, 1.54) is 0 Å². The molecule has 0 aliphatic heterocycles. The molecule has 2 unspecified atom stereocenters. The Morgan fingerprint density at radius 1 is 1.30 bits per heavy atom. The summed E-state index contributed by atoms with van der Waals surface area (Å²) in [5.41, 5.74) is -0.984. The van der Waals surface area contributed by atoms with E-state index in [4.69, 9.17) is 4.74 Å². The fourth-order valence-electron chi connectivity index (χ4n) is 2.48. The van der Waals surface area contributed by atoms with Gasteiger partial charge in [0.15, 0.2) is 5.96 Å². The number of ether oxygens (including phenoxy) is 1. The van der Waals surface area contributed by atoms with E-state index in [0.29, 0.717) is 24.6 Å². The highest BCUT2D eigenvalue weighted by Crippen LogP contribution is 2.19. The van der Waals surface area contributed by atoms with Crippen molar-refractivity contribution in [1.29, 1.82) is 0 Å². The summed E-state index contributed by atoms with van der Waals surface area (Å²) in [7, 11) is 1.80. The lowest BCUT2D eigenvalue weighted by Crippen LogP contribution is -2.50. The zero-order chi connectivity index (χ0) is 22.2. The number of hydrogen-bond acceptors (Lipinski definition) is 5. The number of rotatable bonds is 8. The van der Waals surface area contributed by atoms with Crippen LogP contribution in [0.4, 0.5) is 4.79 Å². The molecule has 1 heterocycles. The van der Waals surface area contributed by atoms with E-state index in [1.54, 1.807) is 31.0 Å². The van der Waals surface area contributed by atoms with Crippen LogP contribution in [0.2, 0.25) is 0 Å². The molecular weight excluding hydrogens is 499 g/mol. The largest absolute Gasteiger partial charge is 0.444 e. The number of carbonyl (C=O) groups is 1. The maximum atomic E-state index is 12.1. The van der Waals surface area contributed by atoms with Crippen molar-refractivity contribution in [3.05, 3.63) is 18.0 Å². The van der Waals surface area contributed by atoms with Crippen LogP contribution in [-0.2, 0) is 17.4 Å². The van der Waals surface area contributed by atoms with Gasteiger partial charge >= 0.3 is 6.09 Å². The maximum Gasteiger partial charge on any atom is 0.407 e. The van der Waals surface area contributed by atoms with Gasteiger partial charge in [-0.3, -0.25) is 4.68 Å². The topological polar surface area (TPSA) is 113 Å². The van der Waals surface area contributed by atoms with Crippen molar-refractivity contribution in [3.8, 4) is 0 Å². The molecule has 0 spiro atoms. The third-order valence-electron chi connectivity index (χ3n) is 4.21. The van der Waals surface area contributed by atoms with Crippen LogP contribution in [0, 0.1) is 5.92 Å². The highest BCUT2D eigenvalue weighted by molar-refractivity contribution is 14.0. The Balaban J connectivity index is 0.00000841.